The van der Waals surface area contributed by atoms with Crippen molar-refractivity contribution in [1.29, 1.82) is 0 Å². The Balaban J connectivity index is 0.984. The summed E-state index contributed by atoms with van der Waals surface area (Å²) < 4.78 is 83.5. The summed E-state index contributed by atoms with van der Waals surface area (Å²) in [5.41, 5.74) is 4.66. The van der Waals surface area contributed by atoms with Crippen LogP contribution >= 0.6 is 0 Å². The van der Waals surface area contributed by atoms with Crippen LogP contribution in [0, 0.1) is 0 Å². The monoisotopic (exact) mass is 1430 g/mol. The number of benzene rings is 16. The molecule has 0 saturated heterocycles. The molecule has 0 aliphatic carbocycles. The molecule has 4 heterocycles. The van der Waals surface area contributed by atoms with E-state index in [1.807, 2.05) is 30.3 Å². The third-order valence-corrected chi connectivity index (χ3v) is 36.5. The van der Waals surface area contributed by atoms with Crippen molar-refractivity contribution in [3.63, 3.8) is 0 Å². The molecule has 0 spiro atoms. The molecule has 0 amide bonds. The summed E-state index contributed by atoms with van der Waals surface area (Å²) in [6.07, 6.45) is 0. The lowest BCUT2D eigenvalue weighted by molar-refractivity contribution is 0.951. The summed E-state index contributed by atoms with van der Waals surface area (Å²) in [7, 11) is -10.0. The van der Waals surface area contributed by atoms with Crippen LogP contribution in [0.4, 0.5) is 0 Å². The van der Waals surface area contributed by atoms with E-state index in [9.17, 15) is 11.0 Å². The van der Waals surface area contributed by atoms with Crippen molar-refractivity contribution in [2.75, 3.05) is 0 Å². The van der Waals surface area contributed by atoms with Gasteiger partial charge in [-0.05, 0) is 105 Å². The number of fused-ring (bicyclic) bond motifs is 9. The molecule has 0 saturated carbocycles. The average Bonchev–Trinajstić information content (AvgIpc) is 1.51. The van der Waals surface area contributed by atoms with Gasteiger partial charge in [-0.1, -0.05) is 382 Å². The molecule has 8 heteroatoms. The summed E-state index contributed by atoms with van der Waals surface area (Å²) in [6.45, 7) is 0. The molecule has 0 bridgehead atoms. The van der Waals surface area contributed by atoms with E-state index in [2.05, 4.69) is 361 Å². The Bertz CT molecular complexity index is 6600. The second-order valence-corrected chi connectivity index (χ2v) is 39.1. The smallest absolute Gasteiger partial charge is 0.237 e. The second-order valence-electron chi connectivity index (χ2n) is 27.6. The maximum atomic E-state index is 10.1. The molecular weight excluding hydrogens is 1360 g/mol. The highest BCUT2D eigenvalue weighted by molar-refractivity contribution is 7.21. The van der Waals surface area contributed by atoms with Crippen molar-refractivity contribution in [2.45, 2.75) is 0 Å². The van der Waals surface area contributed by atoms with Gasteiger partial charge in [0.2, 0.25) is 5.95 Å². The summed E-state index contributed by atoms with van der Waals surface area (Å²) >= 11 is 0. The van der Waals surface area contributed by atoms with Crippen molar-refractivity contribution in [2.24, 2.45) is 0 Å². The van der Waals surface area contributed by atoms with Crippen molar-refractivity contribution < 1.29 is 11.0 Å². The van der Waals surface area contributed by atoms with Crippen LogP contribution < -0.4 is 62.2 Å². The highest BCUT2D eigenvalue weighted by atomic mass is 28.3. The first-order valence-corrected chi connectivity index (χ1v) is 42.5. The largest absolute Gasteiger partial charge is 0.309 e. The standard InChI is InChI=1S/C100H71N5Si3/c1-10-36-72(37-11-1)106(73-38-12-2-13-39-73,74-40-14-3-15-41-74)81-64-67-96(103-92-58-32-28-54-84(92)85-55-29-33-59-93(85)103)90(68-81)91-71-99(104-94-60-34-30-56-86(94)88-65-62-82(69-97(88)104)107(75-42-16-4-17-43-75,76-44-18-5-19-45-76)77-46-20-6-21-47-77)102-100(101-91)105-95-61-35-31-57-87(95)89-66-63-83(70-98(89)105)108(78-48-22-7-23-49-78,79-50-24-8-25-51-79)80-52-26-9-27-53-80/h1-71H/i28D,29D,32D,33D,54D,55D,58D,59D. The van der Waals surface area contributed by atoms with Gasteiger partial charge in [-0.3, -0.25) is 9.13 Å². The molecule has 20 rings (SSSR count). The Morgan fingerprint density at radius 1 is 0.213 bits per heavy atom. The summed E-state index contributed by atoms with van der Waals surface area (Å²) in [5, 5.41) is 17.6. The van der Waals surface area contributed by atoms with Gasteiger partial charge in [0.1, 0.15) is 5.82 Å². The van der Waals surface area contributed by atoms with Gasteiger partial charge in [0, 0.05) is 43.9 Å². The van der Waals surface area contributed by atoms with Gasteiger partial charge in [-0.25, -0.2) is 4.98 Å². The predicted molar refractivity (Wildman–Crippen MR) is 461 cm³/mol. The van der Waals surface area contributed by atoms with Gasteiger partial charge in [0.15, 0.2) is 24.2 Å². The first-order valence-electron chi connectivity index (χ1n) is 40.5. The molecule has 0 aliphatic rings. The molecule has 5 nitrogen and oxygen atoms in total. The normalized spacial score (nSPS) is 13.1. The first-order chi connectivity index (χ1) is 56.9. The van der Waals surface area contributed by atoms with Crippen LogP contribution in [0.5, 0.6) is 0 Å². The SMILES string of the molecule is [2H]c1c([2H])c([2H])c2c(c1[2H])c1c([2H])c([2H])c([2H])c([2H])c1n2-c1ccc([Si](c2ccccc2)(c2ccccc2)c2ccccc2)cc1-c1cc(-n2c3ccccc3c3ccc([Si](c4ccccc4)(c4ccccc4)c4ccccc4)cc32)nc(-n2c3ccccc3c3ccc([Si](c4ccccc4)(c4ccccc4)c4ccccc4)cc32)n1. The van der Waals surface area contributed by atoms with E-state index in [1.165, 1.54) is 31.1 Å². The van der Waals surface area contributed by atoms with Crippen LogP contribution in [-0.2, 0) is 0 Å². The van der Waals surface area contributed by atoms with Crippen LogP contribution in [0.25, 0.3) is 94.1 Å². The Hall–Kier alpha value is -13.3. The fraction of sp³-hybridized carbons (Fsp3) is 0. The molecule has 0 aliphatic heterocycles. The average molecular weight is 1440 g/mol. The fourth-order valence-corrected chi connectivity index (χ4v) is 32.0. The maximum Gasteiger partial charge on any atom is 0.237 e. The minimum atomic E-state index is -3.55. The van der Waals surface area contributed by atoms with Crippen LogP contribution in [0.1, 0.15) is 11.0 Å². The van der Waals surface area contributed by atoms with Crippen molar-refractivity contribution in [1.82, 2.24) is 23.7 Å². The van der Waals surface area contributed by atoms with Crippen LogP contribution in [0.15, 0.2) is 431 Å². The van der Waals surface area contributed by atoms with E-state index < -0.39 is 72.6 Å². The molecule has 0 radical (unpaired) electrons. The lowest BCUT2D eigenvalue weighted by atomic mass is 10.1. The van der Waals surface area contributed by atoms with Gasteiger partial charge in [-0.15, -0.1) is 0 Å². The Morgan fingerprint density at radius 3 is 0.880 bits per heavy atom. The van der Waals surface area contributed by atoms with Gasteiger partial charge < -0.3 is 4.57 Å². The minimum Gasteiger partial charge on any atom is -0.309 e. The Labute approximate surface area is 641 Å². The third kappa shape index (κ3) is 10.1. The van der Waals surface area contributed by atoms with Gasteiger partial charge in [0.05, 0.1) is 55.4 Å². The number of para-hydroxylation sites is 4. The third-order valence-electron chi connectivity index (χ3n) is 22.2. The highest BCUT2D eigenvalue weighted by Gasteiger charge is 2.45. The summed E-state index contributed by atoms with van der Waals surface area (Å²) in [6, 6.07) is 133. The number of hydrogen-bond acceptors (Lipinski definition) is 2. The number of nitrogens with zero attached hydrogens (tertiary/aromatic N) is 5. The Kier molecular flexibility index (Phi) is 13.8. The lowest BCUT2D eigenvalue weighted by Gasteiger charge is -2.35. The lowest BCUT2D eigenvalue weighted by Crippen LogP contribution is -2.74. The second kappa shape index (κ2) is 26.7. The van der Waals surface area contributed by atoms with Gasteiger partial charge in [0.25, 0.3) is 0 Å². The van der Waals surface area contributed by atoms with Crippen molar-refractivity contribution in [3.05, 3.63) is 431 Å². The first kappa shape index (κ1) is 56.1. The minimum absolute atomic E-state index is 0.0187. The van der Waals surface area contributed by atoms with Crippen LogP contribution in [0.2, 0.25) is 0 Å². The summed E-state index contributed by atoms with van der Waals surface area (Å²) in [4.78, 5) is 12.2. The molecule has 0 N–H and O–H groups in total. The number of rotatable bonds is 16. The van der Waals surface area contributed by atoms with Crippen LogP contribution in [-0.4, -0.2) is 47.9 Å². The van der Waals surface area contributed by atoms with Gasteiger partial charge >= 0.3 is 0 Å². The molecule has 4 aromatic heterocycles. The number of hydrogen-bond donors (Lipinski definition) is 0. The number of aromatic nitrogens is 5. The maximum absolute atomic E-state index is 10.1. The van der Waals surface area contributed by atoms with Crippen LogP contribution in [0.3, 0.4) is 0 Å². The molecule has 0 unspecified atom stereocenters. The van der Waals surface area contributed by atoms with Crippen molar-refractivity contribution in [3.8, 4) is 28.7 Å². The van der Waals surface area contributed by atoms with E-state index in [0.29, 0.717) is 28.7 Å². The Morgan fingerprint density at radius 2 is 0.509 bits per heavy atom. The highest BCUT2D eigenvalue weighted by Crippen LogP contribution is 2.40. The molecule has 16 aromatic carbocycles. The quantitative estimate of drug-likeness (QED) is 0.0714. The van der Waals surface area contributed by atoms with E-state index in [0.717, 1.165) is 74.7 Å². The molecular formula is C100H71N5Si3. The molecule has 108 heavy (non-hydrogen) atoms. The van der Waals surface area contributed by atoms with Crippen molar-refractivity contribution >= 4 is 152 Å². The van der Waals surface area contributed by atoms with E-state index >= 15 is 0 Å². The van der Waals surface area contributed by atoms with E-state index in [4.69, 9.17) is 9.97 Å². The summed E-state index contributed by atoms with van der Waals surface area (Å²) in [5.74, 6) is 0.819. The zero-order valence-corrected chi connectivity index (χ0v) is 61.6. The zero-order valence-electron chi connectivity index (χ0n) is 66.6. The zero-order chi connectivity index (χ0) is 78.6. The predicted octanol–water partition coefficient (Wildman–Crippen LogP) is 15.6. The molecule has 508 valence electrons. The van der Waals surface area contributed by atoms with E-state index in [-0.39, 0.29) is 21.8 Å². The fourth-order valence-electron chi connectivity index (χ4n) is 17.7. The van der Waals surface area contributed by atoms with Gasteiger partial charge in [-0.2, -0.15) is 4.98 Å². The molecule has 0 fully saturated rings. The molecule has 20 aromatic rings. The molecule has 0 atom stereocenters. The van der Waals surface area contributed by atoms with E-state index in [1.54, 1.807) is 4.57 Å². The topological polar surface area (TPSA) is 40.6 Å².